The fourth-order valence-corrected chi connectivity index (χ4v) is 5.32. The number of thioether (sulfide) groups is 2. The second kappa shape index (κ2) is 6.60. The predicted octanol–water partition coefficient (Wildman–Crippen LogP) is 1.65. The first kappa shape index (κ1) is 14.6. The molecule has 2 saturated heterocycles. The lowest BCUT2D eigenvalue weighted by atomic mass is 10.1. The highest BCUT2D eigenvalue weighted by Crippen LogP contribution is 2.31. The van der Waals surface area contributed by atoms with Crippen LogP contribution in [0.15, 0.2) is 0 Å². The van der Waals surface area contributed by atoms with Gasteiger partial charge in [-0.25, -0.2) is 0 Å². The van der Waals surface area contributed by atoms with Gasteiger partial charge in [-0.3, -0.25) is 9.59 Å². The molecule has 20 heavy (non-hydrogen) atoms. The molecule has 3 fully saturated rings. The highest BCUT2D eigenvalue weighted by Gasteiger charge is 2.40. The minimum absolute atomic E-state index is 0.181. The van der Waals surface area contributed by atoms with Gasteiger partial charge in [-0.05, 0) is 12.8 Å². The van der Waals surface area contributed by atoms with Crippen molar-refractivity contribution in [3.63, 3.8) is 0 Å². The van der Waals surface area contributed by atoms with E-state index in [1.54, 1.807) is 11.8 Å². The molecule has 0 radical (unpaired) electrons. The Morgan fingerprint density at radius 3 is 2.35 bits per heavy atom. The van der Waals surface area contributed by atoms with E-state index < -0.39 is 0 Å². The van der Waals surface area contributed by atoms with E-state index in [1.165, 1.54) is 12.8 Å². The third-order valence-electron chi connectivity index (χ3n) is 4.48. The van der Waals surface area contributed by atoms with Crippen molar-refractivity contribution in [3.05, 3.63) is 0 Å². The topological polar surface area (TPSA) is 40.6 Å². The molecule has 2 heterocycles. The summed E-state index contributed by atoms with van der Waals surface area (Å²) in [6, 6.07) is -0.198. The van der Waals surface area contributed by atoms with Crippen LogP contribution in [0.5, 0.6) is 0 Å². The number of carbonyl (C=O) groups excluding carboxylic acids is 2. The summed E-state index contributed by atoms with van der Waals surface area (Å²) in [4.78, 5) is 29.0. The van der Waals surface area contributed by atoms with E-state index in [4.69, 9.17) is 0 Å². The molecule has 1 aliphatic carbocycles. The summed E-state index contributed by atoms with van der Waals surface area (Å²) in [5, 5.41) is 0. The lowest BCUT2D eigenvalue weighted by Crippen LogP contribution is -2.52. The molecule has 0 N–H and O–H groups in total. The maximum atomic E-state index is 12.6. The van der Waals surface area contributed by atoms with Gasteiger partial charge in [-0.15, -0.1) is 11.8 Å². The average Bonchev–Trinajstić information content (AvgIpc) is 3.18. The van der Waals surface area contributed by atoms with Gasteiger partial charge in [0.15, 0.2) is 0 Å². The van der Waals surface area contributed by atoms with Crippen molar-refractivity contribution in [2.24, 2.45) is 5.92 Å². The van der Waals surface area contributed by atoms with Gasteiger partial charge >= 0.3 is 0 Å². The molecule has 0 aromatic carbocycles. The molecule has 3 rings (SSSR count). The molecule has 0 spiro atoms. The van der Waals surface area contributed by atoms with Crippen molar-refractivity contribution in [3.8, 4) is 0 Å². The van der Waals surface area contributed by atoms with E-state index in [-0.39, 0.29) is 23.8 Å². The van der Waals surface area contributed by atoms with Gasteiger partial charge in [0.05, 0.1) is 5.88 Å². The van der Waals surface area contributed by atoms with Crippen LogP contribution >= 0.6 is 23.5 Å². The fourth-order valence-electron chi connectivity index (χ4n) is 3.27. The van der Waals surface area contributed by atoms with Crippen molar-refractivity contribution < 1.29 is 9.59 Å². The SMILES string of the molecule is O=C([C@H]1CSCN1C(=O)C1CCCC1)N1CCSCC1. The van der Waals surface area contributed by atoms with Crippen molar-refractivity contribution >= 4 is 35.3 Å². The monoisotopic (exact) mass is 314 g/mol. The normalized spacial score (nSPS) is 28.1. The van der Waals surface area contributed by atoms with Crippen LogP contribution in [0.25, 0.3) is 0 Å². The highest BCUT2D eigenvalue weighted by molar-refractivity contribution is 7.99. The molecule has 2 amide bonds. The summed E-state index contributed by atoms with van der Waals surface area (Å²) in [5.74, 6) is 4.14. The maximum Gasteiger partial charge on any atom is 0.246 e. The van der Waals surface area contributed by atoms with Gasteiger partial charge < -0.3 is 9.80 Å². The largest absolute Gasteiger partial charge is 0.339 e. The molecule has 0 aromatic rings. The van der Waals surface area contributed by atoms with E-state index in [0.29, 0.717) is 5.88 Å². The first-order chi connectivity index (χ1) is 9.77. The van der Waals surface area contributed by atoms with E-state index in [0.717, 1.165) is 43.2 Å². The summed E-state index contributed by atoms with van der Waals surface area (Å²) in [6.07, 6.45) is 4.36. The predicted molar refractivity (Wildman–Crippen MR) is 83.8 cm³/mol. The molecule has 2 aliphatic heterocycles. The van der Waals surface area contributed by atoms with Gasteiger partial charge in [-0.2, -0.15) is 11.8 Å². The summed E-state index contributed by atoms with van der Waals surface area (Å²) < 4.78 is 0. The zero-order valence-corrected chi connectivity index (χ0v) is 13.4. The van der Waals surface area contributed by atoms with Gasteiger partial charge in [-0.1, -0.05) is 12.8 Å². The number of rotatable bonds is 2. The lowest BCUT2D eigenvalue weighted by Gasteiger charge is -2.32. The van der Waals surface area contributed by atoms with Crippen molar-refractivity contribution in [2.75, 3.05) is 36.2 Å². The van der Waals surface area contributed by atoms with Crippen LogP contribution in [0.4, 0.5) is 0 Å². The second-order valence-electron chi connectivity index (χ2n) is 5.74. The molecule has 1 atom stereocenters. The lowest BCUT2D eigenvalue weighted by molar-refractivity contribution is -0.145. The standard InChI is InChI=1S/C14H22N2O2S2/c17-13(11-3-1-2-4-11)16-10-20-9-12(16)14(18)15-5-7-19-8-6-15/h11-12H,1-10H2/t12-/m1/s1. The molecular formula is C14H22N2O2S2. The van der Waals surface area contributed by atoms with E-state index in [9.17, 15) is 9.59 Å². The second-order valence-corrected chi connectivity index (χ2v) is 7.97. The Balaban J connectivity index is 1.65. The molecule has 112 valence electrons. The van der Waals surface area contributed by atoms with Crippen molar-refractivity contribution in [1.82, 2.24) is 9.80 Å². The van der Waals surface area contributed by atoms with Gasteiger partial charge in [0, 0.05) is 36.3 Å². The maximum absolute atomic E-state index is 12.6. The number of nitrogens with zero attached hydrogens (tertiary/aromatic N) is 2. The minimum Gasteiger partial charge on any atom is -0.339 e. The Morgan fingerprint density at radius 1 is 0.950 bits per heavy atom. The third-order valence-corrected chi connectivity index (χ3v) is 6.43. The van der Waals surface area contributed by atoms with Crippen LogP contribution in [0, 0.1) is 5.92 Å². The van der Waals surface area contributed by atoms with E-state index in [2.05, 4.69) is 0 Å². The molecule has 0 bridgehead atoms. The van der Waals surface area contributed by atoms with Crippen LogP contribution in [-0.4, -0.2) is 63.9 Å². The van der Waals surface area contributed by atoms with Crippen molar-refractivity contribution in [2.45, 2.75) is 31.7 Å². The number of hydrogen-bond donors (Lipinski definition) is 0. The highest BCUT2D eigenvalue weighted by atomic mass is 32.2. The molecule has 4 nitrogen and oxygen atoms in total. The Bertz CT molecular complexity index is 379. The third kappa shape index (κ3) is 2.96. The summed E-state index contributed by atoms with van der Waals surface area (Å²) >= 11 is 3.63. The zero-order valence-electron chi connectivity index (χ0n) is 11.8. The van der Waals surface area contributed by atoms with E-state index in [1.807, 2.05) is 21.6 Å². The Morgan fingerprint density at radius 2 is 1.65 bits per heavy atom. The number of amides is 2. The molecular weight excluding hydrogens is 292 g/mol. The summed E-state index contributed by atoms with van der Waals surface area (Å²) in [5.41, 5.74) is 0. The van der Waals surface area contributed by atoms with Crippen molar-refractivity contribution in [1.29, 1.82) is 0 Å². The summed E-state index contributed by atoms with van der Waals surface area (Å²) in [7, 11) is 0. The average molecular weight is 314 g/mol. The van der Waals surface area contributed by atoms with Crippen LogP contribution < -0.4 is 0 Å². The van der Waals surface area contributed by atoms with Crippen LogP contribution in [0.1, 0.15) is 25.7 Å². The number of hydrogen-bond acceptors (Lipinski definition) is 4. The molecule has 1 saturated carbocycles. The van der Waals surface area contributed by atoms with Crippen LogP contribution in [0.2, 0.25) is 0 Å². The zero-order chi connectivity index (χ0) is 13.9. The van der Waals surface area contributed by atoms with Gasteiger partial charge in [0.2, 0.25) is 11.8 Å². The van der Waals surface area contributed by atoms with Crippen LogP contribution in [0.3, 0.4) is 0 Å². The Kier molecular flexibility index (Phi) is 4.81. The van der Waals surface area contributed by atoms with Gasteiger partial charge in [0.1, 0.15) is 6.04 Å². The first-order valence-electron chi connectivity index (χ1n) is 7.52. The van der Waals surface area contributed by atoms with E-state index >= 15 is 0 Å². The first-order valence-corrected chi connectivity index (χ1v) is 9.83. The molecule has 3 aliphatic rings. The Hall–Kier alpha value is -0.360. The molecule has 0 aromatic heterocycles. The minimum atomic E-state index is -0.198. The smallest absolute Gasteiger partial charge is 0.246 e. The quantitative estimate of drug-likeness (QED) is 0.777. The molecule has 6 heteroatoms. The number of carbonyl (C=O) groups is 2. The summed E-state index contributed by atoms with van der Waals surface area (Å²) in [6.45, 7) is 1.69. The van der Waals surface area contributed by atoms with Gasteiger partial charge in [0.25, 0.3) is 0 Å². The fraction of sp³-hybridized carbons (Fsp3) is 0.857. The Labute approximate surface area is 129 Å². The molecule has 0 unspecified atom stereocenters. The van der Waals surface area contributed by atoms with Crippen LogP contribution in [-0.2, 0) is 9.59 Å².